The molecule has 1 aromatic rings. The molecule has 0 fully saturated rings. The van der Waals surface area contributed by atoms with Gasteiger partial charge in [-0.15, -0.1) is 0 Å². The summed E-state index contributed by atoms with van der Waals surface area (Å²) in [6, 6.07) is 4.38. The zero-order valence-electron chi connectivity index (χ0n) is 20.2. The molecule has 1 heteroatoms. The van der Waals surface area contributed by atoms with Gasteiger partial charge in [-0.3, -0.25) is 0 Å². The Bertz CT molecular complexity index is 970. The molecule has 0 amide bonds. The van der Waals surface area contributed by atoms with Gasteiger partial charge in [0.1, 0.15) is 0 Å². The summed E-state index contributed by atoms with van der Waals surface area (Å²) in [5.41, 5.74) is 9.85. The summed E-state index contributed by atoms with van der Waals surface area (Å²) in [5.74, 6) is 0. The number of benzene rings is 1. The molecular formula is C30H38O. The van der Waals surface area contributed by atoms with Gasteiger partial charge in [-0.05, 0) is 76.3 Å². The first-order valence-electron chi connectivity index (χ1n) is 10.8. The van der Waals surface area contributed by atoms with E-state index in [0.29, 0.717) is 0 Å². The highest BCUT2D eigenvalue weighted by Crippen LogP contribution is 2.18. The van der Waals surface area contributed by atoms with Crippen molar-refractivity contribution in [1.82, 2.24) is 0 Å². The first-order chi connectivity index (χ1) is 14.7. The molecule has 0 bridgehead atoms. The molecule has 0 saturated heterocycles. The van der Waals surface area contributed by atoms with Gasteiger partial charge in [-0.1, -0.05) is 102 Å². The lowest BCUT2D eigenvalue weighted by molar-refractivity contribution is 0.331. The largest absolute Gasteiger partial charge is 0.392 e. The lowest BCUT2D eigenvalue weighted by Gasteiger charge is -2.07. The number of rotatable bonds is 9. The SMILES string of the molecule is CC(C=CC=C(C)C=Cc1ccc(C)c(C)c1C)=CC=CC=C(C)C=CC=C(C)CO. The van der Waals surface area contributed by atoms with E-state index in [9.17, 15) is 0 Å². The van der Waals surface area contributed by atoms with E-state index in [1.54, 1.807) is 0 Å². The average molecular weight is 415 g/mol. The molecule has 0 heterocycles. The third kappa shape index (κ3) is 10.6. The van der Waals surface area contributed by atoms with E-state index in [1.165, 1.54) is 33.4 Å². The number of aliphatic hydroxyl groups excluding tert-OH is 1. The Kier molecular flexibility index (Phi) is 11.9. The molecule has 0 radical (unpaired) electrons. The van der Waals surface area contributed by atoms with Crippen molar-refractivity contribution >= 4 is 6.08 Å². The number of aryl methyl sites for hydroxylation is 1. The van der Waals surface area contributed by atoms with Gasteiger partial charge in [-0.25, -0.2) is 0 Å². The van der Waals surface area contributed by atoms with E-state index >= 15 is 0 Å². The van der Waals surface area contributed by atoms with Crippen LogP contribution in [0.1, 0.15) is 49.9 Å². The first kappa shape index (κ1) is 26.1. The first-order valence-corrected chi connectivity index (χ1v) is 10.8. The van der Waals surface area contributed by atoms with Gasteiger partial charge in [0.2, 0.25) is 0 Å². The van der Waals surface area contributed by atoms with Crippen LogP contribution in [0.3, 0.4) is 0 Å². The molecule has 0 aliphatic rings. The summed E-state index contributed by atoms with van der Waals surface area (Å²) in [6.07, 6.45) is 24.8. The predicted molar refractivity (Wildman–Crippen MR) is 139 cm³/mol. The van der Waals surface area contributed by atoms with Crippen LogP contribution in [0, 0.1) is 20.8 Å². The lowest BCUT2D eigenvalue weighted by atomic mass is 9.98. The van der Waals surface area contributed by atoms with Crippen LogP contribution < -0.4 is 0 Å². The number of allylic oxidation sites excluding steroid dienone is 14. The van der Waals surface area contributed by atoms with Gasteiger partial charge in [0.05, 0.1) is 6.61 Å². The van der Waals surface area contributed by atoms with E-state index in [2.05, 4.69) is 96.2 Å². The summed E-state index contributed by atoms with van der Waals surface area (Å²) in [6.45, 7) is 14.8. The fourth-order valence-corrected chi connectivity index (χ4v) is 2.73. The Hall–Kier alpha value is -2.90. The summed E-state index contributed by atoms with van der Waals surface area (Å²) >= 11 is 0. The monoisotopic (exact) mass is 414 g/mol. The highest BCUT2D eigenvalue weighted by molar-refractivity contribution is 5.59. The van der Waals surface area contributed by atoms with Crippen molar-refractivity contribution in [2.75, 3.05) is 6.61 Å². The minimum absolute atomic E-state index is 0.0989. The highest BCUT2D eigenvalue weighted by atomic mass is 16.3. The van der Waals surface area contributed by atoms with Crippen molar-refractivity contribution in [3.63, 3.8) is 0 Å². The van der Waals surface area contributed by atoms with E-state index in [0.717, 1.165) is 11.1 Å². The Morgan fingerprint density at radius 2 is 1.19 bits per heavy atom. The Morgan fingerprint density at radius 3 is 1.77 bits per heavy atom. The molecule has 1 nitrogen and oxygen atoms in total. The quantitative estimate of drug-likeness (QED) is 0.405. The molecule has 0 saturated carbocycles. The second-order valence-electron chi connectivity index (χ2n) is 8.06. The normalized spacial score (nSPS) is 14.8. The van der Waals surface area contributed by atoms with E-state index in [4.69, 9.17) is 5.11 Å². The zero-order valence-corrected chi connectivity index (χ0v) is 20.2. The van der Waals surface area contributed by atoms with Gasteiger partial charge < -0.3 is 5.11 Å². The molecule has 1 aromatic carbocycles. The van der Waals surface area contributed by atoms with E-state index < -0.39 is 0 Å². The van der Waals surface area contributed by atoms with Crippen molar-refractivity contribution in [2.45, 2.75) is 48.5 Å². The maximum absolute atomic E-state index is 8.97. The standard InChI is InChI=1S/C30H38O/c1-23(12-8-9-13-24(2)15-11-17-26(4)22-31)14-10-16-25(3)18-20-30-21-19-27(5)28(6)29(30)7/h8-21,31H,22H2,1-7H3. The molecule has 0 spiro atoms. The van der Waals surface area contributed by atoms with Crippen molar-refractivity contribution in [3.05, 3.63) is 124 Å². The van der Waals surface area contributed by atoms with Crippen molar-refractivity contribution in [2.24, 2.45) is 0 Å². The maximum Gasteiger partial charge on any atom is 0.0642 e. The van der Waals surface area contributed by atoms with Gasteiger partial charge in [0.15, 0.2) is 0 Å². The minimum Gasteiger partial charge on any atom is -0.392 e. The molecule has 0 unspecified atom stereocenters. The van der Waals surface area contributed by atoms with Crippen LogP contribution in [0.2, 0.25) is 0 Å². The van der Waals surface area contributed by atoms with Gasteiger partial charge in [0, 0.05) is 0 Å². The third-order valence-corrected chi connectivity index (χ3v) is 5.16. The van der Waals surface area contributed by atoms with E-state index in [-0.39, 0.29) is 6.61 Å². The molecule has 0 aliphatic carbocycles. The summed E-state index contributed by atoms with van der Waals surface area (Å²) in [4.78, 5) is 0. The second-order valence-corrected chi connectivity index (χ2v) is 8.06. The van der Waals surface area contributed by atoms with Crippen molar-refractivity contribution in [1.29, 1.82) is 0 Å². The van der Waals surface area contributed by atoms with Crippen LogP contribution in [0.5, 0.6) is 0 Å². The van der Waals surface area contributed by atoms with Crippen LogP contribution in [-0.2, 0) is 0 Å². The number of hydrogen-bond acceptors (Lipinski definition) is 1. The Balaban J connectivity index is 2.65. The number of hydrogen-bond donors (Lipinski definition) is 1. The Labute approximate surface area is 189 Å². The van der Waals surface area contributed by atoms with Gasteiger partial charge in [0.25, 0.3) is 0 Å². The van der Waals surface area contributed by atoms with Crippen LogP contribution >= 0.6 is 0 Å². The van der Waals surface area contributed by atoms with Crippen LogP contribution in [0.4, 0.5) is 0 Å². The summed E-state index contributed by atoms with van der Waals surface area (Å²) in [7, 11) is 0. The van der Waals surface area contributed by atoms with Crippen LogP contribution in [-0.4, -0.2) is 11.7 Å². The molecule has 0 aromatic heterocycles. The third-order valence-electron chi connectivity index (χ3n) is 5.16. The van der Waals surface area contributed by atoms with Crippen LogP contribution in [0.15, 0.2) is 101 Å². The minimum atomic E-state index is 0.0989. The molecule has 0 atom stereocenters. The smallest absolute Gasteiger partial charge is 0.0642 e. The molecule has 1 N–H and O–H groups in total. The van der Waals surface area contributed by atoms with Gasteiger partial charge in [-0.2, -0.15) is 0 Å². The number of aliphatic hydroxyl groups is 1. The lowest BCUT2D eigenvalue weighted by Crippen LogP contribution is -1.89. The molecular weight excluding hydrogens is 376 g/mol. The summed E-state index contributed by atoms with van der Waals surface area (Å²) in [5, 5.41) is 8.97. The fourth-order valence-electron chi connectivity index (χ4n) is 2.73. The molecule has 31 heavy (non-hydrogen) atoms. The topological polar surface area (TPSA) is 20.2 Å². The maximum atomic E-state index is 8.97. The summed E-state index contributed by atoms with van der Waals surface area (Å²) < 4.78 is 0. The molecule has 0 aliphatic heterocycles. The van der Waals surface area contributed by atoms with Crippen molar-refractivity contribution in [3.8, 4) is 0 Å². The average Bonchev–Trinajstić information content (AvgIpc) is 2.74. The van der Waals surface area contributed by atoms with Crippen molar-refractivity contribution < 1.29 is 5.11 Å². The fraction of sp³-hybridized carbons (Fsp3) is 0.267. The van der Waals surface area contributed by atoms with Gasteiger partial charge >= 0.3 is 0 Å². The van der Waals surface area contributed by atoms with E-state index in [1.807, 2.05) is 37.3 Å². The zero-order chi connectivity index (χ0) is 23.2. The Morgan fingerprint density at radius 1 is 0.677 bits per heavy atom. The highest BCUT2D eigenvalue weighted by Gasteiger charge is 2.00. The molecule has 1 rings (SSSR count). The molecule has 164 valence electrons. The second kappa shape index (κ2) is 14.2. The van der Waals surface area contributed by atoms with Crippen LogP contribution in [0.25, 0.3) is 6.08 Å². The predicted octanol–water partition coefficient (Wildman–Crippen LogP) is 8.07.